The van der Waals surface area contributed by atoms with Crippen LogP contribution in [-0.2, 0) is 30.6 Å². The van der Waals surface area contributed by atoms with Crippen LogP contribution in [0.2, 0.25) is 0 Å². The average molecular weight is 546 g/mol. The number of hydrogen-bond acceptors (Lipinski definition) is 6. The van der Waals surface area contributed by atoms with Crippen LogP contribution in [0.15, 0.2) is 53.4 Å². The summed E-state index contributed by atoms with van der Waals surface area (Å²) in [5.74, 6) is -2.60. The van der Waals surface area contributed by atoms with Crippen molar-refractivity contribution in [2.75, 3.05) is 12.4 Å². The van der Waals surface area contributed by atoms with Gasteiger partial charge in [0.1, 0.15) is 17.9 Å². The Morgan fingerprint density at radius 1 is 1.03 bits per heavy atom. The van der Waals surface area contributed by atoms with Crippen molar-refractivity contribution in [1.29, 1.82) is 0 Å². The molecule has 2 heterocycles. The second-order valence-corrected chi connectivity index (χ2v) is 12.4. The molecule has 4 rings (SSSR count). The fraction of sp³-hybridized carbons (Fsp3) is 0.483. The highest BCUT2D eigenvalue weighted by Gasteiger charge is 2.31. The lowest BCUT2D eigenvalue weighted by atomic mass is 9.91. The molecule has 2 aliphatic heterocycles. The second-order valence-electron chi connectivity index (χ2n) is 10.4. The maximum atomic E-state index is 13.5. The van der Waals surface area contributed by atoms with Gasteiger partial charge in [0, 0.05) is 12.3 Å². The van der Waals surface area contributed by atoms with Crippen molar-refractivity contribution in [3.05, 3.63) is 59.9 Å². The van der Waals surface area contributed by atoms with E-state index in [4.69, 9.17) is 4.74 Å². The average Bonchev–Trinajstić information content (AvgIpc) is 2.87. The van der Waals surface area contributed by atoms with Gasteiger partial charge in [-0.2, -0.15) is 0 Å². The van der Waals surface area contributed by atoms with Crippen LogP contribution in [0.3, 0.4) is 0 Å². The predicted octanol–water partition coefficient (Wildman–Crippen LogP) is 4.33. The van der Waals surface area contributed by atoms with E-state index in [-0.39, 0.29) is 29.4 Å². The number of amides is 1. The minimum absolute atomic E-state index is 0.0123. The SMILES string of the molecule is CC(C)C[C@@H]1NC(=O)[C@@H](CS(=O)(=O)c2ccc(F)cc2)Cc2ccc(cc2)OCCCC[C@@H](C=O)CC1=O. The molecule has 0 unspecified atom stereocenters. The molecule has 0 saturated carbocycles. The summed E-state index contributed by atoms with van der Waals surface area (Å²) in [6.45, 7) is 4.32. The summed E-state index contributed by atoms with van der Waals surface area (Å²) in [6, 6.07) is 10.8. The first kappa shape index (κ1) is 29.5. The molecule has 2 bridgehead atoms. The standard InChI is InChI=1S/C29H36FNO6S/c1-20(2)15-27-28(33)17-22(18-32)5-3-4-14-37-25-10-6-21(7-11-25)16-23(29(34)31-27)19-38(35,36)26-12-8-24(30)9-13-26/h6-13,18,20,22-23,27H,3-5,14-17,19H2,1-2H3,(H,31,34)/t22-,23-,27+/m1/s1. The number of hydrogen-bond donors (Lipinski definition) is 1. The number of carbonyl (C=O) groups is 3. The van der Waals surface area contributed by atoms with E-state index in [1.165, 1.54) is 12.1 Å². The second kappa shape index (κ2) is 13.6. The number of rotatable bonds is 6. The molecule has 0 spiro atoms. The zero-order chi connectivity index (χ0) is 27.7. The third-order valence-corrected chi connectivity index (χ3v) is 8.51. The Morgan fingerprint density at radius 3 is 2.34 bits per heavy atom. The molecular formula is C29H36FNO6S. The summed E-state index contributed by atoms with van der Waals surface area (Å²) in [7, 11) is -3.94. The van der Waals surface area contributed by atoms with E-state index < -0.39 is 45.2 Å². The summed E-state index contributed by atoms with van der Waals surface area (Å²) in [4.78, 5) is 38.3. The van der Waals surface area contributed by atoms with Gasteiger partial charge in [-0.05, 0) is 80.0 Å². The molecule has 2 aliphatic rings. The topological polar surface area (TPSA) is 107 Å². The van der Waals surface area contributed by atoms with Gasteiger partial charge in [-0.25, -0.2) is 12.8 Å². The van der Waals surface area contributed by atoms with Gasteiger partial charge in [0.05, 0.1) is 29.2 Å². The monoisotopic (exact) mass is 545 g/mol. The molecule has 0 aliphatic carbocycles. The predicted molar refractivity (Wildman–Crippen MR) is 142 cm³/mol. The number of ether oxygens (including phenoxy) is 1. The Bertz CT molecular complexity index is 1190. The Balaban J connectivity index is 1.93. The van der Waals surface area contributed by atoms with E-state index in [1.54, 1.807) is 24.3 Å². The molecular weight excluding hydrogens is 509 g/mol. The normalized spacial score (nSPS) is 21.9. The van der Waals surface area contributed by atoms with Crippen molar-refractivity contribution in [3.63, 3.8) is 0 Å². The highest BCUT2D eigenvalue weighted by Crippen LogP contribution is 2.22. The van der Waals surface area contributed by atoms with E-state index in [0.717, 1.165) is 36.8 Å². The van der Waals surface area contributed by atoms with Crippen LogP contribution < -0.4 is 10.1 Å². The summed E-state index contributed by atoms with van der Waals surface area (Å²) in [5.41, 5.74) is 0.740. The van der Waals surface area contributed by atoms with Crippen molar-refractivity contribution in [3.8, 4) is 5.75 Å². The highest BCUT2D eigenvalue weighted by molar-refractivity contribution is 7.91. The third kappa shape index (κ3) is 8.75. The number of nitrogens with one attached hydrogen (secondary N) is 1. The maximum Gasteiger partial charge on any atom is 0.225 e. The van der Waals surface area contributed by atoms with Crippen molar-refractivity contribution >= 4 is 27.8 Å². The lowest BCUT2D eigenvalue weighted by Gasteiger charge is -2.24. The molecule has 38 heavy (non-hydrogen) atoms. The first-order valence-corrected chi connectivity index (χ1v) is 14.7. The number of carbonyl (C=O) groups excluding carboxylic acids is 3. The number of sulfone groups is 1. The van der Waals surface area contributed by atoms with E-state index in [0.29, 0.717) is 25.2 Å². The smallest absolute Gasteiger partial charge is 0.225 e. The van der Waals surface area contributed by atoms with Crippen molar-refractivity contribution in [2.24, 2.45) is 17.8 Å². The molecule has 0 fully saturated rings. The summed E-state index contributed by atoms with van der Waals surface area (Å²) in [6.07, 6.45) is 3.28. The lowest BCUT2D eigenvalue weighted by Crippen LogP contribution is -2.46. The number of benzene rings is 2. The molecule has 0 saturated heterocycles. The van der Waals surface area contributed by atoms with Gasteiger partial charge in [-0.1, -0.05) is 26.0 Å². The van der Waals surface area contributed by atoms with Gasteiger partial charge in [-0.3, -0.25) is 9.59 Å². The largest absolute Gasteiger partial charge is 0.494 e. The summed E-state index contributed by atoms with van der Waals surface area (Å²) >= 11 is 0. The van der Waals surface area contributed by atoms with Gasteiger partial charge in [0.15, 0.2) is 15.6 Å². The molecule has 206 valence electrons. The minimum atomic E-state index is -3.94. The maximum absolute atomic E-state index is 13.5. The van der Waals surface area contributed by atoms with Crippen molar-refractivity contribution < 1.29 is 31.9 Å². The first-order valence-electron chi connectivity index (χ1n) is 13.1. The Morgan fingerprint density at radius 2 is 1.71 bits per heavy atom. The number of ketones is 1. The quantitative estimate of drug-likeness (QED) is 0.428. The van der Waals surface area contributed by atoms with Crippen LogP contribution >= 0.6 is 0 Å². The molecule has 3 atom stereocenters. The van der Waals surface area contributed by atoms with Crippen LogP contribution in [0, 0.1) is 23.6 Å². The molecule has 9 heteroatoms. The van der Waals surface area contributed by atoms with Crippen LogP contribution in [0.1, 0.15) is 51.5 Å². The fourth-order valence-corrected chi connectivity index (χ4v) is 6.13. The molecule has 7 nitrogen and oxygen atoms in total. The lowest BCUT2D eigenvalue weighted by molar-refractivity contribution is -0.131. The van der Waals surface area contributed by atoms with E-state index in [9.17, 15) is 27.2 Å². The van der Waals surface area contributed by atoms with E-state index >= 15 is 0 Å². The molecule has 1 N–H and O–H groups in total. The Labute approximate surface area is 224 Å². The number of halogens is 1. The van der Waals surface area contributed by atoms with Gasteiger partial charge in [0.25, 0.3) is 0 Å². The van der Waals surface area contributed by atoms with Crippen LogP contribution in [-0.4, -0.2) is 44.8 Å². The van der Waals surface area contributed by atoms with Crippen LogP contribution in [0.5, 0.6) is 5.75 Å². The summed E-state index contributed by atoms with van der Waals surface area (Å²) < 4.78 is 45.5. The number of aldehydes is 1. The number of fused-ring (bicyclic) bond motifs is 14. The highest BCUT2D eigenvalue weighted by atomic mass is 32.2. The fourth-order valence-electron chi connectivity index (χ4n) is 4.59. The Kier molecular flexibility index (Phi) is 10.6. The van der Waals surface area contributed by atoms with Gasteiger partial charge in [-0.15, -0.1) is 0 Å². The summed E-state index contributed by atoms with van der Waals surface area (Å²) in [5, 5.41) is 2.81. The first-order chi connectivity index (χ1) is 18.1. The van der Waals surface area contributed by atoms with Gasteiger partial charge in [0.2, 0.25) is 5.91 Å². The minimum Gasteiger partial charge on any atom is -0.494 e. The number of Topliss-reactive ketones (excluding diaryl/α,β-unsaturated/α-hetero) is 1. The molecule has 1 amide bonds. The zero-order valence-electron chi connectivity index (χ0n) is 21.9. The van der Waals surface area contributed by atoms with Crippen molar-refractivity contribution in [2.45, 2.75) is 63.3 Å². The molecule has 0 aromatic heterocycles. The zero-order valence-corrected chi connectivity index (χ0v) is 22.7. The van der Waals surface area contributed by atoms with Gasteiger partial charge >= 0.3 is 0 Å². The molecule has 2 aromatic carbocycles. The third-order valence-electron chi connectivity index (χ3n) is 6.68. The molecule has 0 radical (unpaired) electrons. The van der Waals surface area contributed by atoms with Crippen LogP contribution in [0.4, 0.5) is 4.39 Å². The van der Waals surface area contributed by atoms with Crippen molar-refractivity contribution in [1.82, 2.24) is 5.32 Å². The van der Waals surface area contributed by atoms with E-state index in [1.807, 2.05) is 13.8 Å². The van der Waals surface area contributed by atoms with Gasteiger partial charge < -0.3 is 14.8 Å². The van der Waals surface area contributed by atoms with Crippen LogP contribution in [0.25, 0.3) is 0 Å². The molecule has 2 aromatic rings. The Hall–Kier alpha value is -3.07. The van der Waals surface area contributed by atoms with E-state index in [2.05, 4.69) is 5.32 Å².